The Morgan fingerprint density at radius 2 is 2.29 bits per heavy atom. The summed E-state index contributed by atoms with van der Waals surface area (Å²) in [4.78, 5) is 32.1. The zero-order chi connectivity index (χ0) is 12.8. The summed E-state index contributed by atoms with van der Waals surface area (Å²) in [5.41, 5.74) is 4.39. The van der Waals surface area contributed by atoms with Crippen LogP contribution >= 0.6 is 11.8 Å². The summed E-state index contributed by atoms with van der Waals surface area (Å²) in [7, 11) is 0. The SMILES string of the molecule is NC(=O)NCCn1c(SCC(=O)O)n[nH]c1=O. The molecule has 0 aromatic carbocycles. The molecule has 1 heterocycles. The Morgan fingerprint density at radius 1 is 1.59 bits per heavy atom. The molecule has 0 aliphatic rings. The Balaban J connectivity index is 2.62. The fraction of sp³-hybridized carbons (Fsp3) is 0.429. The number of carbonyl (C=O) groups is 2. The number of thioether (sulfide) groups is 1. The van der Waals surface area contributed by atoms with Gasteiger partial charge in [0.1, 0.15) is 0 Å². The number of nitrogens with one attached hydrogen (secondary N) is 2. The average molecular weight is 261 g/mol. The molecule has 9 nitrogen and oxygen atoms in total. The number of hydrogen-bond acceptors (Lipinski definition) is 5. The number of aliphatic carboxylic acids is 1. The number of nitrogens with two attached hydrogens (primary N) is 1. The van der Waals surface area contributed by atoms with Gasteiger partial charge in [-0.05, 0) is 0 Å². The first-order valence-corrected chi connectivity index (χ1v) is 5.52. The summed E-state index contributed by atoms with van der Waals surface area (Å²) in [6.45, 7) is 0.329. The lowest BCUT2D eigenvalue weighted by molar-refractivity contribution is -0.133. The molecule has 0 radical (unpaired) electrons. The quantitative estimate of drug-likeness (QED) is 0.455. The predicted octanol–water partition coefficient (Wildman–Crippen LogP) is -1.58. The number of carboxylic acids is 1. The highest BCUT2D eigenvalue weighted by Crippen LogP contribution is 2.11. The van der Waals surface area contributed by atoms with Gasteiger partial charge in [0.2, 0.25) is 0 Å². The number of H-pyrrole nitrogens is 1. The van der Waals surface area contributed by atoms with Crippen LogP contribution in [0.2, 0.25) is 0 Å². The monoisotopic (exact) mass is 261 g/mol. The number of carbonyl (C=O) groups excluding carboxylic acids is 1. The van der Waals surface area contributed by atoms with Crippen LogP contribution in [-0.4, -0.2) is 44.2 Å². The van der Waals surface area contributed by atoms with E-state index in [2.05, 4.69) is 15.5 Å². The zero-order valence-electron chi connectivity index (χ0n) is 8.67. The van der Waals surface area contributed by atoms with E-state index in [1.807, 2.05) is 0 Å². The van der Waals surface area contributed by atoms with Gasteiger partial charge in [-0.2, -0.15) is 0 Å². The molecule has 10 heteroatoms. The van der Waals surface area contributed by atoms with Gasteiger partial charge in [0.05, 0.1) is 5.75 Å². The molecule has 5 N–H and O–H groups in total. The molecule has 0 saturated carbocycles. The van der Waals surface area contributed by atoms with Gasteiger partial charge in [0.25, 0.3) is 0 Å². The topological polar surface area (TPSA) is 143 Å². The largest absolute Gasteiger partial charge is 0.481 e. The van der Waals surface area contributed by atoms with E-state index in [9.17, 15) is 14.4 Å². The zero-order valence-corrected chi connectivity index (χ0v) is 9.49. The van der Waals surface area contributed by atoms with Gasteiger partial charge < -0.3 is 16.2 Å². The van der Waals surface area contributed by atoms with Crippen molar-refractivity contribution in [3.8, 4) is 0 Å². The van der Waals surface area contributed by atoms with Crippen LogP contribution in [0.5, 0.6) is 0 Å². The lowest BCUT2D eigenvalue weighted by Crippen LogP contribution is -2.33. The van der Waals surface area contributed by atoms with Gasteiger partial charge in [-0.3, -0.25) is 9.36 Å². The first kappa shape index (κ1) is 13.1. The van der Waals surface area contributed by atoms with Crippen molar-refractivity contribution in [3.63, 3.8) is 0 Å². The first-order chi connectivity index (χ1) is 8.00. The van der Waals surface area contributed by atoms with Crippen LogP contribution in [0.1, 0.15) is 0 Å². The third-order valence-corrected chi connectivity index (χ3v) is 2.64. The fourth-order valence-electron chi connectivity index (χ4n) is 1.03. The Kier molecular flexibility index (Phi) is 4.57. The van der Waals surface area contributed by atoms with Gasteiger partial charge in [-0.25, -0.2) is 14.7 Å². The maximum Gasteiger partial charge on any atom is 0.344 e. The second-order valence-corrected chi connectivity index (χ2v) is 3.88. The van der Waals surface area contributed by atoms with Crippen LogP contribution in [0.4, 0.5) is 4.79 Å². The molecule has 0 bridgehead atoms. The van der Waals surface area contributed by atoms with E-state index < -0.39 is 17.7 Å². The van der Waals surface area contributed by atoms with Crippen LogP contribution in [0, 0.1) is 0 Å². The highest BCUT2D eigenvalue weighted by Gasteiger charge is 2.10. The van der Waals surface area contributed by atoms with Gasteiger partial charge in [-0.15, -0.1) is 5.10 Å². The molecular weight excluding hydrogens is 250 g/mol. The van der Waals surface area contributed by atoms with Gasteiger partial charge in [0.15, 0.2) is 5.16 Å². The summed E-state index contributed by atoms with van der Waals surface area (Å²) >= 11 is 0.912. The first-order valence-electron chi connectivity index (χ1n) is 4.54. The van der Waals surface area contributed by atoms with Crippen LogP contribution in [0.25, 0.3) is 0 Å². The smallest absolute Gasteiger partial charge is 0.344 e. The molecule has 0 aliphatic heterocycles. The molecular formula is C7H11N5O4S. The second kappa shape index (κ2) is 5.94. The molecule has 0 saturated heterocycles. The summed E-state index contributed by atoms with van der Waals surface area (Å²) in [6.07, 6.45) is 0. The number of nitrogens with zero attached hydrogens (tertiary/aromatic N) is 2. The maximum absolute atomic E-state index is 11.3. The highest BCUT2D eigenvalue weighted by atomic mass is 32.2. The number of primary amides is 1. The van der Waals surface area contributed by atoms with Crippen molar-refractivity contribution in [2.75, 3.05) is 12.3 Å². The number of hydrogen-bond donors (Lipinski definition) is 4. The van der Waals surface area contributed by atoms with E-state index in [1.54, 1.807) is 0 Å². The summed E-state index contributed by atoms with van der Waals surface area (Å²) < 4.78 is 1.23. The third kappa shape index (κ3) is 4.18. The van der Waals surface area contributed by atoms with Gasteiger partial charge in [0, 0.05) is 13.1 Å². The van der Waals surface area contributed by atoms with E-state index in [1.165, 1.54) is 4.57 Å². The number of rotatable bonds is 6. The van der Waals surface area contributed by atoms with Crippen molar-refractivity contribution in [1.29, 1.82) is 0 Å². The van der Waals surface area contributed by atoms with E-state index in [0.717, 1.165) is 11.8 Å². The molecule has 94 valence electrons. The third-order valence-electron chi connectivity index (χ3n) is 1.68. The molecule has 2 amide bonds. The Bertz CT molecular complexity index is 467. The van der Waals surface area contributed by atoms with Crippen LogP contribution in [0.3, 0.4) is 0 Å². The van der Waals surface area contributed by atoms with Crippen LogP contribution < -0.4 is 16.7 Å². The standard InChI is InChI=1S/C7H11N5O4S/c8-5(15)9-1-2-12-6(16)10-11-7(12)17-3-4(13)14/h1-3H2,(H,10,16)(H,13,14)(H3,8,9,15). The summed E-state index contributed by atoms with van der Waals surface area (Å²) in [5.74, 6) is -1.21. The number of carboxylic acid groups (broad SMARTS) is 1. The molecule has 1 aromatic heterocycles. The number of amides is 2. The minimum absolute atomic E-state index is 0.162. The van der Waals surface area contributed by atoms with Gasteiger partial charge in [-0.1, -0.05) is 11.8 Å². The van der Waals surface area contributed by atoms with E-state index >= 15 is 0 Å². The Hall–Kier alpha value is -1.97. The van der Waals surface area contributed by atoms with E-state index in [4.69, 9.17) is 10.8 Å². The molecule has 17 heavy (non-hydrogen) atoms. The summed E-state index contributed by atoms with van der Waals surface area (Å²) in [5, 5.41) is 16.9. The molecule has 1 aromatic rings. The van der Waals surface area contributed by atoms with E-state index in [0.29, 0.717) is 0 Å². The molecule has 0 atom stereocenters. The molecule has 0 fully saturated rings. The average Bonchev–Trinajstić information content (AvgIpc) is 2.57. The molecule has 0 aliphatic carbocycles. The number of urea groups is 1. The van der Waals surface area contributed by atoms with Crippen molar-refractivity contribution in [1.82, 2.24) is 20.1 Å². The minimum Gasteiger partial charge on any atom is -0.481 e. The van der Waals surface area contributed by atoms with Crippen molar-refractivity contribution >= 4 is 23.8 Å². The van der Waals surface area contributed by atoms with Crippen molar-refractivity contribution in [2.24, 2.45) is 5.73 Å². The van der Waals surface area contributed by atoms with Gasteiger partial charge >= 0.3 is 17.7 Å². The fourth-order valence-corrected chi connectivity index (χ4v) is 1.72. The van der Waals surface area contributed by atoms with Crippen LogP contribution in [-0.2, 0) is 11.3 Å². The second-order valence-electron chi connectivity index (χ2n) is 2.94. The van der Waals surface area contributed by atoms with Crippen molar-refractivity contribution in [3.05, 3.63) is 10.5 Å². The molecule has 1 rings (SSSR count). The Labute approximate surface area is 99.4 Å². The minimum atomic E-state index is -1.01. The highest BCUT2D eigenvalue weighted by molar-refractivity contribution is 7.99. The lowest BCUT2D eigenvalue weighted by atomic mass is 10.6. The van der Waals surface area contributed by atoms with Crippen molar-refractivity contribution in [2.45, 2.75) is 11.7 Å². The predicted molar refractivity (Wildman–Crippen MR) is 58.8 cm³/mol. The Morgan fingerprint density at radius 3 is 2.88 bits per heavy atom. The normalized spacial score (nSPS) is 10.1. The van der Waals surface area contributed by atoms with Crippen LogP contribution in [0.15, 0.2) is 9.95 Å². The number of aromatic nitrogens is 3. The van der Waals surface area contributed by atoms with E-state index in [-0.39, 0.29) is 24.0 Å². The summed E-state index contributed by atoms with van der Waals surface area (Å²) in [6, 6.07) is -0.693. The number of aromatic amines is 1. The lowest BCUT2D eigenvalue weighted by Gasteiger charge is -2.04. The molecule has 0 unspecified atom stereocenters. The molecule has 0 spiro atoms. The van der Waals surface area contributed by atoms with Crippen molar-refractivity contribution < 1.29 is 14.7 Å². The maximum atomic E-state index is 11.3.